The van der Waals surface area contributed by atoms with Crippen molar-refractivity contribution in [2.45, 2.75) is 20.4 Å². The molecule has 0 unspecified atom stereocenters. The lowest BCUT2D eigenvalue weighted by Gasteiger charge is -2.25. The molecule has 38 heavy (non-hydrogen) atoms. The summed E-state index contributed by atoms with van der Waals surface area (Å²) in [5, 5.41) is 11.2. The summed E-state index contributed by atoms with van der Waals surface area (Å²) in [6, 6.07) is 15.7. The quantitative estimate of drug-likeness (QED) is 0.279. The second kappa shape index (κ2) is 11.0. The van der Waals surface area contributed by atoms with Gasteiger partial charge in [-0.1, -0.05) is 17.3 Å². The molecule has 0 aliphatic carbocycles. The fraction of sp³-hybridized carbons (Fsp3) is 0.222. The zero-order valence-corrected chi connectivity index (χ0v) is 21.6. The zero-order valence-electron chi connectivity index (χ0n) is 21.6. The first-order valence-electron chi connectivity index (χ1n) is 11.7. The Bertz CT molecular complexity index is 1500. The number of ether oxygens (including phenoxy) is 3. The molecule has 0 aliphatic heterocycles. The number of nitrogens with one attached hydrogen (secondary N) is 1. The fourth-order valence-corrected chi connectivity index (χ4v) is 4.07. The molecule has 1 heterocycles. The van der Waals surface area contributed by atoms with Gasteiger partial charge in [-0.2, -0.15) is 0 Å². The minimum atomic E-state index is -0.527. The molecule has 4 aromatic rings. The lowest BCUT2D eigenvalue weighted by atomic mass is 10.1. The van der Waals surface area contributed by atoms with E-state index in [-0.39, 0.29) is 35.6 Å². The van der Waals surface area contributed by atoms with Crippen LogP contribution in [0.1, 0.15) is 29.8 Å². The first kappa shape index (κ1) is 26.1. The van der Waals surface area contributed by atoms with E-state index in [9.17, 15) is 14.4 Å². The third-order valence-electron chi connectivity index (χ3n) is 5.82. The van der Waals surface area contributed by atoms with Crippen LogP contribution < -0.4 is 24.4 Å². The van der Waals surface area contributed by atoms with Crippen LogP contribution in [-0.2, 0) is 16.1 Å². The molecule has 0 bridgehead atoms. The van der Waals surface area contributed by atoms with Gasteiger partial charge in [0.15, 0.2) is 11.5 Å². The van der Waals surface area contributed by atoms with E-state index in [1.54, 1.807) is 47.0 Å². The van der Waals surface area contributed by atoms with Gasteiger partial charge >= 0.3 is 5.97 Å². The van der Waals surface area contributed by atoms with Gasteiger partial charge in [-0.05, 0) is 48.0 Å². The fourth-order valence-electron chi connectivity index (χ4n) is 4.07. The summed E-state index contributed by atoms with van der Waals surface area (Å²) in [6.45, 7) is 2.83. The smallest absolute Gasteiger partial charge is 0.308 e. The van der Waals surface area contributed by atoms with Crippen LogP contribution >= 0.6 is 0 Å². The number of nitrogens with zero attached hydrogens (tertiary/aromatic N) is 4. The second-order valence-corrected chi connectivity index (χ2v) is 8.30. The number of methoxy groups -OCH3 is 2. The lowest BCUT2D eigenvalue weighted by molar-refractivity contribution is -0.132. The highest BCUT2D eigenvalue weighted by molar-refractivity contribution is 5.98. The first-order chi connectivity index (χ1) is 18.3. The van der Waals surface area contributed by atoms with Crippen LogP contribution in [0.2, 0.25) is 0 Å². The molecule has 0 atom stereocenters. The van der Waals surface area contributed by atoms with Gasteiger partial charge in [0.1, 0.15) is 5.52 Å². The normalized spacial score (nSPS) is 10.7. The average Bonchev–Trinajstić information content (AvgIpc) is 3.35. The SMILES string of the molecule is CNC(=O)c1ccc(N(Cc2cc(OC)c(OC(C)=O)c(OC)c2)C(C)=O)c(-n2nnc3ccccc32)c1. The molecule has 1 aromatic heterocycles. The molecule has 11 nitrogen and oxygen atoms in total. The van der Waals surface area contributed by atoms with Crippen molar-refractivity contribution in [3.05, 3.63) is 65.7 Å². The summed E-state index contributed by atoms with van der Waals surface area (Å²) < 4.78 is 17.7. The van der Waals surface area contributed by atoms with Gasteiger partial charge in [-0.15, -0.1) is 5.10 Å². The summed E-state index contributed by atoms with van der Waals surface area (Å²) in [5.41, 5.74) is 3.40. The maximum atomic E-state index is 13.0. The van der Waals surface area contributed by atoms with Crippen molar-refractivity contribution in [2.24, 2.45) is 0 Å². The number of esters is 1. The molecule has 11 heteroatoms. The Morgan fingerprint density at radius 3 is 2.26 bits per heavy atom. The Morgan fingerprint density at radius 1 is 0.974 bits per heavy atom. The van der Waals surface area contributed by atoms with E-state index in [0.29, 0.717) is 33.5 Å². The van der Waals surface area contributed by atoms with E-state index >= 15 is 0 Å². The highest BCUT2D eigenvalue weighted by Gasteiger charge is 2.23. The molecule has 2 amide bonds. The average molecular weight is 518 g/mol. The lowest BCUT2D eigenvalue weighted by Crippen LogP contribution is -2.29. The number of carbonyl (C=O) groups is 3. The number of aromatic nitrogens is 3. The number of carbonyl (C=O) groups excluding carboxylic acids is 3. The monoisotopic (exact) mass is 517 g/mol. The van der Waals surface area contributed by atoms with Crippen LogP contribution in [0.15, 0.2) is 54.6 Å². The number of fused-ring (bicyclic) bond motifs is 1. The third kappa shape index (κ3) is 5.12. The summed E-state index contributed by atoms with van der Waals surface area (Å²) in [6.07, 6.45) is 0. The number of hydrogen-bond donors (Lipinski definition) is 1. The molecule has 0 radical (unpaired) electrons. The van der Waals surface area contributed by atoms with Crippen molar-refractivity contribution in [1.29, 1.82) is 0 Å². The minimum absolute atomic E-state index is 0.112. The van der Waals surface area contributed by atoms with Crippen molar-refractivity contribution in [2.75, 3.05) is 26.2 Å². The second-order valence-electron chi connectivity index (χ2n) is 8.30. The molecular formula is C27H27N5O6. The summed E-state index contributed by atoms with van der Waals surface area (Å²) >= 11 is 0. The predicted octanol–water partition coefficient (Wildman–Crippen LogP) is 3.28. The molecule has 0 saturated carbocycles. The van der Waals surface area contributed by atoms with Gasteiger partial charge in [-0.25, -0.2) is 4.68 Å². The molecule has 3 aromatic carbocycles. The minimum Gasteiger partial charge on any atom is -0.493 e. The summed E-state index contributed by atoms with van der Waals surface area (Å²) in [7, 11) is 4.43. The van der Waals surface area contributed by atoms with Crippen LogP contribution in [0.4, 0.5) is 5.69 Å². The van der Waals surface area contributed by atoms with E-state index in [4.69, 9.17) is 14.2 Å². The van der Waals surface area contributed by atoms with Crippen LogP contribution in [0.5, 0.6) is 17.2 Å². The highest BCUT2D eigenvalue weighted by Crippen LogP contribution is 2.39. The van der Waals surface area contributed by atoms with Crippen LogP contribution in [-0.4, -0.2) is 54.0 Å². The first-order valence-corrected chi connectivity index (χ1v) is 11.7. The van der Waals surface area contributed by atoms with Crippen molar-refractivity contribution >= 4 is 34.5 Å². The summed E-state index contributed by atoms with van der Waals surface area (Å²) in [5.74, 6) is -0.380. The van der Waals surface area contributed by atoms with Crippen molar-refractivity contribution < 1.29 is 28.6 Å². The molecular weight excluding hydrogens is 490 g/mol. The molecule has 196 valence electrons. The molecule has 4 rings (SSSR count). The van der Waals surface area contributed by atoms with Gasteiger partial charge in [0.2, 0.25) is 11.7 Å². The van der Waals surface area contributed by atoms with E-state index in [2.05, 4.69) is 15.6 Å². The largest absolute Gasteiger partial charge is 0.493 e. The Labute approximate surface area is 218 Å². The number of hydrogen-bond acceptors (Lipinski definition) is 8. The predicted molar refractivity (Wildman–Crippen MR) is 140 cm³/mol. The summed E-state index contributed by atoms with van der Waals surface area (Å²) in [4.78, 5) is 38.6. The maximum absolute atomic E-state index is 13.0. The van der Waals surface area contributed by atoms with Gasteiger partial charge in [0.25, 0.3) is 5.91 Å². The molecule has 0 spiro atoms. The van der Waals surface area contributed by atoms with Gasteiger partial charge in [0, 0.05) is 26.5 Å². The highest BCUT2D eigenvalue weighted by atomic mass is 16.6. The van der Waals surface area contributed by atoms with Crippen molar-refractivity contribution in [3.63, 3.8) is 0 Å². The maximum Gasteiger partial charge on any atom is 0.308 e. The third-order valence-corrected chi connectivity index (χ3v) is 5.82. The van der Waals surface area contributed by atoms with Crippen molar-refractivity contribution in [3.8, 4) is 22.9 Å². The topological polar surface area (TPSA) is 125 Å². The number of anilines is 1. The Morgan fingerprint density at radius 2 is 1.66 bits per heavy atom. The number of para-hydroxylation sites is 1. The molecule has 0 saturated heterocycles. The van der Waals surface area contributed by atoms with Gasteiger partial charge in [0.05, 0.1) is 37.7 Å². The zero-order chi connectivity index (χ0) is 27.4. The van der Waals surface area contributed by atoms with Gasteiger partial charge < -0.3 is 24.4 Å². The Balaban J connectivity index is 1.86. The number of amides is 2. The van der Waals surface area contributed by atoms with Crippen molar-refractivity contribution in [1.82, 2.24) is 20.3 Å². The van der Waals surface area contributed by atoms with Crippen LogP contribution in [0.3, 0.4) is 0 Å². The molecule has 0 fully saturated rings. The Kier molecular flexibility index (Phi) is 7.56. The van der Waals surface area contributed by atoms with E-state index in [1.165, 1.54) is 28.1 Å². The van der Waals surface area contributed by atoms with E-state index < -0.39 is 5.97 Å². The standard InChI is InChI=1S/C27H27N5O6/c1-16(33)31(15-18-12-24(36-4)26(38-17(2)34)25(13-18)37-5)22-11-10-19(27(35)28-3)14-23(22)32-21-9-7-6-8-20(21)29-30-32/h6-14H,15H2,1-5H3,(H,28,35). The molecule has 0 aliphatic rings. The van der Waals surface area contributed by atoms with Crippen LogP contribution in [0, 0.1) is 0 Å². The van der Waals surface area contributed by atoms with Gasteiger partial charge in [-0.3, -0.25) is 14.4 Å². The molecule has 1 N–H and O–H groups in total. The number of rotatable bonds is 8. The van der Waals surface area contributed by atoms with E-state index in [0.717, 1.165) is 0 Å². The number of benzene rings is 3. The van der Waals surface area contributed by atoms with E-state index in [1.807, 2.05) is 24.3 Å². The Hall–Kier alpha value is -4.93. The van der Waals surface area contributed by atoms with Crippen LogP contribution in [0.25, 0.3) is 16.7 Å².